The maximum Gasteiger partial charge on any atom is 0.137 e. The van der Waals surface area contributed by atoms with Gasteiger partial charge >= 0.3 is 0 Å². The lowest BCUT2D eigenvalue weighted by atomic mass is 9.92. The van der Waals surface area contributed by atoms with E-state index in [0.29, 0.717) is 16.4 Å². The molecular formula is C14H21BrFN. The van der Waals surface area contributed by atoms with Crippen molar-refractivity contribution in [1.29, 1.82) is 0 Å². The van der Waals surface area contributed by atoms with Crippen LogP contribution < -0.4 is 5.32 Å². The molecule has 0 heterocycles. The molecule has 96 valence electrons. The second-order valence-electron chi connectivity index (χ2n) is 4.49. The Kier molecular flexibility index (Phi) is 6.14. The van der Waals surface area contributed by atoms with Crippen molar-refractivity contribution in [1.82, 2.24) is 5.32 Å². The molecule has 0 aliphatic carbocycles. The summed E-state index contributed by atoms with van der Waals surface area (Å²) in [5.41, 5.74) is 1.15. The molecule has 0 amide bonds. The summed E-state index contributed by atoms with van der Waals surface area (Å²) in [6.45, 7) is 7.56. The minimum Gasteiger partial charge on any atom is -0.310 e. The molecule has 3 heteroatoms. The maximum atomic E-state index is 13.2. The molecule has 0 radical (unpaired) electrons. The third-order valence-corrected chi connectivity index (χ3v) is 3.74. The van der Waals surface area contributed by atoms with Gasteiger partial charge in [0.25, 0.3) is 0 Å². The molecule has 0 aliphatic rings. The van der Waals surface area contributed by atoms with Crippen LogP contribution in [0.15, 0.2) is 22.7 Å². The molecule has 1 N–H and O–H groups in total. The third kappa shape index (κ3) is 4.07. The number of rotatable bonds is 6. The fraction of sp³-hybridized carbons (Fsp3) is 0.571. The summed E-state index contributed by atoms with van der Waals surface area (Å²) in [6.07, 6.45) is 2.21. The zero-order valence-electron chi connectivity index (χ0n) is 10.8. The van der Waals surface area contributed by atoms with Gasteiger partial charge in [-0.1, -0.05) is 33.3 Å². The van der Waals surface area contributed by atoms with Gasteiger partial charge in [0.1, 0.15) is 5.82 Å². The Hall–Kier alpha value is -0.410. The van der Waals surface area contributed by atoms with Crippen LogP contribution in [0.4, 0.5) is 4.39 Å². The summed E-state index contributed by atoms with van der Waals surface area (Å²) >= 11 is 3.25. The van der Waals surface area contributed by atoms with Crippen LogP contribution in [-0.4, -0.2) is 6.54 Å². The first-order valence-corrected chi connectivity index (χ1v) is 7.07. The fourth-order valence-corrected chi connectivity index (χ4v) is 2.29. The Balaban J connectivity index is 2.91. The lowest BCUT2D eigenvalue weighted by molar-refractivity contribution is 0.376. The number of nitrogens with one attached hydrogen (secondary N) is 1. The van der Waals surface area contributed by atoms with Crippen molar-refractivity contribution < 1.29 is 4.39 Å². The van der Waals surface area contributed by atoms with E-state index in [4.69, 9.17) is 0 Å². The molecule has 0 aliphatic heterocycles. The molecule has 0 saturated carbocycles. The average molecular weight is 302 g/mol. The van der Waals surface area contributed by atoms with Crippen molar-refractivity contribution in [3.63, 3.8) is 0 Å². The van der Waals surface area contributed by atoms with Gasteiger partial charge in [0.15, 0.2) is 0 Å². The van der Waals surface area contributed by atoms with Crippen LogP contribution in [-0.2, 0) is 0 Å². The van der Waals surface area contributed by atoms with E-state index in [2.05, 4.69) is 42.0 Å². The average Bonchev–Trinajstić information content (AvgIpc) is 2.33. The molecule has 2 atom stereocenters. The molecule has 1 rings (SSSR count). The van der Waals surface area contributed by atoms with Crippen LogP contribution in [0.3, 0.4) is 0 Å². The second kappa shape index (κ2) is 7.12. The molecule has 0 bridgehead atoms. The molecule has 1 aromatic carbocycles. The molecule has 0 fully saturated rings. The highest BCUT2D eigenvalue weighted by Gasteiger charge is 2.17. The van der Waals surface area contributed by atoms with Gasteiger partial charge in [-0.3, -0.25) is 0 Å². The van der Waals surface area contributed by atoms with Crippen molar-refractivity contribution in [2.75, 3.05) is 6.54 Å². The Bertz CT molecular complexity index is 354. The van der Waals surface area contributed by atoms with E-state index in [1.165, 1.54) is 6.07 Å². The number of halogens is 2. The molecule has 0 saturated heterocycles. The van der Waals surface area contributed by atoms with Crippen LogP contribution >= 0.6 is 15.9 Å². The lowest BCUT2D eigenvalue weighted by Crippen LogP contribution is -2.27. The zero-order chi connectivity index (χ0) is 12.8. The van der Waals surface area contributed by atoms with E-state index in [0.717, 1.165) is 24.9 Å². The monoisotopic (exact) mass is 301 g/mol. The van der Waals surface area contributed by atoms with E-state index in [9.17, 15) is 4.39 Å². The van der Waals surface area contributed by atoms with Crippen molar-refractivity contribution >= 4 is 15.9 Å². The van der Waals surface area contributed by atoms with Gasteiger partial charge in [-0.2, -0.15) is 0 Å². The Morgan fingerprint density at radius 1 is 1.35 bits per heavy atom. The number of benzene rings is 1. The summed E-state index contributed by atoms with van der Waals surface area (Å²) in [5.74, 6) is 0.339. The van der Waals surface area contributed by atoms with Crippen LogP contribution in [0.1, 0.15) is 45.2 Å². The van der Waals surface area contributed by atoms with E-state index < -0.39 is 0 Å². The van der Waals surface area contributed by atoms with Gasteiger partial charge in [-0.25, -0.2) is 4.39 Å². The van der Waals surface area contributed by atoms with Crippen molar-refractivity contribution in [2.45, 2.75) is 39.7 Å². The summed E-state index contributed by atoms with van der Waals surface area (Å²) in [7, 11) is 0. The fourth-order valence-electron chi connectivity index (χ4n) is 1.89. The minimum atomic E-state index is -0.202. The van der Waals surface area contributed by atoms with Crippen molar-refractivity contribution in [3.8, 4) is 0 Å². The van der Waals surface area contributed by atoms with Gasteiger partial charge in [-0.15, -0.1) is 0 Å². The predicted octanol–water partition coefficient (Wildman–Crippen LogP) is 4.68. The summed E-state index contributed by atoms with van der Waals surface area (Å²) in [4.78, 5) is 0. The molecule has 1 nitrogen and oxygen atoms in total. The topological polar surface area (TPSA) is 12.0 Å². The highest BCUT2D eigenvalue weighted by molar-refractivity contribution is 9.10. The van der Waals surface area contributed by atoms with Crippen molar-refractivity contribution in [3.05, 3.63) is 34.1 Å². The zero-order valence-corrected chi connectivity index (χ0v) is 12.3. The standard InChI is InChI=1S/C14H21BrFN/c1-4-8-17-14(10(3)5-2)11-6-7-13(16)12(15)9-11/h6-7,9-10,14,17H,4-5,8H2,1-3H3. The van der Waals surface area contributed by atoms with Crippen LogP contribution in [0.2, 0.25) is 0 Å². The normalized spacial score (nSPS) is 14.6. The smallest absolute Gasteiger partial charge is 0.137 e. The van der Waals surface area contributed by atoms with Crippen molar-refractivity contribution in [2.24, 2.45) is 5.92 Å². The highest BCUT2D eigenvalue weighted by atomic mass is 79.9. The van der Waals surface area contributed by atoms with Gasteiger partial charge in [0, 0.05) is 6.04 Å². The van der Waals surface area contributed by atoms with E-state index in [-0.39, 0.29) is 5.82 Å². The Morgan fingerprint density at radius 2 is 2.06 bits per heavy atom. The maximum absolute atomic E-state index is 13.2. The van der Waals surface area contributed by atoms with Gasteiger partial charge in [-0.05, 0) is 52.5 Å². The second-order valence-corrected chi connectivity index (χ2v) is 5.35. The first kappa shape index (κ1) is 14.7. The van der Waals surface area contributed by atoms with E-state index in [1.807, 2.05) is 12.1 Å². The van der Waals surface area contributed by atoms with Gasteiger partial charge in [0.05, 0.1) is 4.47 Å². The number of hydrogen-bond acceptors (Lipinski definition) is 1. The predicted molar refractivity (Wildman–Crippen MR) is 74.6 cm³/mol. The Morgan fingerprint density at radius 3 is 2.59 bits per heavy atom. The molecule has 0 spiro atoms. The Labute approximate surface area is 112 Å². The number of hydrogen-bond donors (Lipinski definition) is 1. The molecule has 2 unspecified atom stereocenters. The van der Waals surface area contributed by atoms with E-state index in [1.54, 1.807) is 0 Å². The highest BCUT2D eigenvalue weighted by Crippen LogP contribution is 2.27. The summed E-state index contributed by atoms with van der Waals surface area (Å²) in [6, 6.07) is 5.59. The SMILES string of the molecule is CCCNC(c1ccc(F)c(Br)c1)C(C)CC. The largest absolute Gasteiger partial charge is 0.310 e. The van der Waals surface area contributed by atoms with Crippen LogP contribution in [0.25, 0.3) is 0 Å². The van der Waals surface area contributed by atoms with Crippen LogP contribution in [0.5, 0.6) is 0 Å². The minimum absolute atomic E-state index is 0.202. The lowest BCUT2D eigenvalue weighted by Gasteiger charge is -2.25. The van der Waals surface area contributed by atoms with E-state index >= 15 is 0 Å². The quantitative estimate of drug-likeness (QED) is 0.805. The molecule has 0 aromatic heterocycles. The summed E-state index contributed by atoms with van der Waals surface area (Å²) < 4.78 is 13.8. The third-order valence-electron chi connectivity index (χ3n) is 3.13. The van der Waals surface area contributed by atoms with Crippen LogP contribution in [0, 0.1) is 11.7 Å². The molecule has 1 aromatic rings. The first-order valence-electron chi connectivity index (χ1n) is 6.28. The van der Waals surface area contributed by atoms with Gasteiger partial charge < -0.3 is 5.32 Å². The molecule has 17 heavy (non-hydrogen) atoms. The first-order chi connectivity index (χ1) is 8.10. The summed E-state index contributed by atoms with van der Waals surface area (Å²) in [5, 5.41) is 3.54. The molecular weight excluding hydrogens is 281 g/mol. The van der Waals surface area contributed by atoms with Gasteiger partial charge in [0.2, 0.25) is 0 Å².